The molecule has 6 nitrogen and oxygen atoms in total. The zero-order valence-electron chi connectivity index (χ0n) is 11.0. The van der Waals surface area contributed by atoms with Crippen LogP contribution in [0, 0.1) is 0 Å². The third-order valence-electron chi connectivity index (χ3n) is 3.21. The van der Waals surface area contributed by atoms with Crippen LogP contribution in [0.4, 0.5) is 0 Å². The fourth-order valence-corrected chi connectivity index (χ4v) is 2.08. The summed E-state index contributed by atoms with van der Waals surface area (Å²) in [7, 11) is 1.58. The lowest BCUT2D eigenvalue weighted by atomic mass is 9.98. The highest BCUT2D eigenvalue weighted by Crippen LogP contribution is 2.27. The minimum absolute atomic E-state index is 0.0927. The molecule has 0 saturated heterocycles. The Morgan fingerprint density at radius 3 is 2.50 bits per heavy atom. The Bertz CT molecular complexity index is 288. The number of amides is 2. The molecule has 0 aromatic carbocycles. The number of hydrogen-bond acceptors (Lipinski definition) is 4. The van der Waals surface area contributed by atoms with E-state index in [1.807, 2.05) is 0 Å². The van der Waals surface area contributed by atoms with Gasteiger partial charge in [0.25, 0.3) is 0 Å². The SMILES string of the molecule is COCCNC(=O)CCNC(=O)C1(N)CCCC1. The normalized spacial score (nSPS) is 17.4. The van der Waals surface area contributed by atoms with Gasteiger partial charge in [-0.25, -0.2) is 0 Å². The Morgan fingerprint density at radius 1 is 1.22 bits per heavy atom. The van der Waals surface area contributed by atoms with Crippen molar-refractivity contribution in [2.45, 2.75) is 37.6 Å². The van der Waals surface area contributed by atoms with E-state index >= 15 is 0 Å². The summed E-state index contributed by atoms with van der Waals surface area (Å²) in [6, 6.07) is 0. The van der Waals surface area contributed by atoms with Crippen LogP contribution < -0.4 is 16.4 Å². The summed E-state index contributed by atoms with van der Waals surface area (Å²) in [6.45, 7) is 1.31. The van der Waals surface area contributed by atoms with Crippen molar-refractivity contribution in [1.29, 1.82) is 0 Å². The molecule has 0 aliphatic heterocycles. The van der Waals surface area contributed by atoms with Crippen molar-refractivity contribution in [3.63, 3.8) is 0 Å². The molecule has 1 rings (SSSR count). The zero-order valence-corrected chi connectivity index (χ0v) is 11.0. The maximum atomic E-state index is 11.8. The van der Waals surface area contributed by atoms with Crippen LogP contribution in [0.1, 0.15) is 32.1 Å². The van der Waals surface area contributed by atoms with Gasteiger partial charge in [-0.05, 0) is 12.8 Å². The van der Waals surface area contributed by atoms with Gasteiger partial charge in [0.15, 0.2) is 0 Å². The van der Waals surface area contributed by atoms with Crippen LogP contribution in [0.3, 0.4) is 0 Å². The first kappa shape index (κ1) is 14.9. The van der Waals surface area contributed by atoms with Crippen molar-refractivity contribution >= 4 is 11.8 Å². The predicted molar refractivity (Wildman–Crippen MR) is 67.9 cm³/mol. The summed E-state index contributed by atoms with van der Waals surface area (Å²) in [4.78, 5) is 23.2. The minimum atomic E-state index is -0.716. The number of ether oxygens (including phenoxy) is 1. The van der Waals surface area contributed by atoms with Crippen molar-refractivity contribution in [1.82, 2.24) is 10.6 Å². The summed E-state index contributed by atoms with van der Waals surface area (Å²) in [5.41, 5.74) is 5.27. The number of carbonyl (C=O) groups is 2. The molecule has 6 heteroatoms. The van der Waals surface area contributed by atoms with Gasteiger partial charge in [0.05, 0.1) is 12.1 Å². The molecular formula is C12H23N3O3. The molecule has 0 atom stereocenters. The molecule has 1 saturated carbocycles. The van der Waals surface area contributed by atoms with Crippen molar-refractivity contribution in [2.24, 2.45) is 5.73 Å². The number of methoxy groups -OCH3 is 1. The highest BCUT2D eigenvalue weighted by atomic mass is 16.5. The molecule has 0 aromatic rings. The van der Waals surface area contributed by atoms with Crippen molar-refractivity contribution in [3.05, 3.63) is 0 Å². The first-order valence-corrected chi connectivity index (χ1v) is 6.41. The van der Waals surface area contributed by atoms with Gasteiger partial charge in [0.2, 0.25) is 11.8 Å². The molecule has 0 spiro atoms. The lowest BCUT2D eigenvalue weighted by Crippen LogP contribution is -2.52. The van der Waals surface area contributed by atoms with E-state index in [1.165, 1.54) is 0 Å². The molecule has 104 valence electrons. The average Bonchev–Trinajstić information content (AvgIpc) is 2.78. The van der Waals surface area contributed by atoms with Crippen LogP contribution in [0.15, 0.2) is 0 Å². The van der Waals surface area contributed by atoms with E-state index in [4.69, 9.17) is 10.5 Å². The monoisotopic (exact) mass is 257 g/mol. The smallest absolute Gasteiger partial charge is 0.240 e. The van der Waals surface area contributed by atoms with E-state index in [0.717, 1.165) is 25.7 Å². The maximum Gasteiger partial charge on any atom is 0.240 e. The third-order valence-corrected chi connectivity index (χ3v) is 3.21. The lowest BCUT2D eigenvalue weighted by Gasteiger charge is -2.22. The fourth-order valence-electron chi connectivity index (χ4n) is 2.08. The molecule has 0 radical (unpaired) electrons. The van der Waals surface area contributed by atoms with Gasteiger partial charge in [-0.15, -0.1) is 0 Å². The van der Waals surface area contributed by atoms with Gasteiger partial charge >= 0.3 is 0 Å². The van der Waals surface area contributed by atoms with Gasteiger partial charge < -0.3 is 21.1 Å². The lowest BCUT2D eigenvalue weighted by molar-refractivity contribution is -0.126. The second kappa shape index (κ2) is 7.33. The number of nitrogens with one attached hydrogen (secondary N) is 2. The van der Waals surface area contributed by atoms with E-state index in [-0.39, 0.29) is 18.2 Å². The summed E-state index contributed by atoms with van der Waals surface area (Å²) in [5.74, 6) is -0.227. The summed E-state index contributed by atoms with van der Waals surface area (Å²) in [5, 5.41) is 5.42. The second-order valence-electron chi connectivity index (χ2n) is 4.71. The Morgan fingerprint density at radius 2 is 1.89 bits per heavy atom. The van der Waals surface area contributed by atoms with Crippen LogP contribution in [0.5, 0.6) is 0 Å². The molecule has 0 unspecified atom stereocenters. The highest BCUT2D eigenvalue weighted by Gasteiger charge is 2.36. The van der Waals surface area contributed by atoms with Gasteiger partial charge in [-0.1, -0.05) is 12.8 Å². The largest absolute Gasteiger partial charge is 0.383 e. The molecule has 2 amide bonds. The summed E-state index contributed by atoms with van der Waals surface area (Å²) < 4.78 is 4.81. The van der Waals surface area contributed by atoms with E-state index in [0.29, 0.717) is 19.7 Å². The Hall–Kier alpha value is -1.14. The number of nitrogens with two attached hydrogens (primary N) is 1. The zero-order chi connectivity index (χ0) is 13.4. The Kier molecular flexibility index (Phi) is 6.07. The Labute approximate surface area is 108 Å². The number of hydrogen-bond donors (Lipinski definition) is 3. The van der Waals surface area contributed by atoms with Crippen molar-refractivity contribution in [2.75, 3.05) is 26.8 Å². The highest BCUT2D eigenvalue weighted by molar-refractivity contribution is 5.86. The summed E-state index contributed by atoms with van der Waals surface area (Å²) in [6.07, 6.45) is 3.74. The molecule has 0 bridgehead atoms. The van der Waals surface area contributed by atoms with Crippen LogP contribution in [-0.4, -0.2) is 44.2 Å². The molecule has 1 aliphatic rings. The molecule has 1 fully saturated rings. The fraction of sp³-hybridized carbons (Fsp3) is 0.833. The number of rotatable bonds is 7. The van der Waals surface area contributed by atoms with Gasteiger partial charge in [-0.2, -0.15) is 0 Å². The van der Waals surface area contributed by atoms with E-state index in [9.17, 15) is 9.59 Å². The minimum Gasteiger partial charge on any atom is -0.383 e. The Balaban J connectivity index is 2.13. The van der Waals surface area contributed by atoms with Crippen LogP contribution in [0.2, 0.25) is 0 Å². The quantitative estimate of drug-likeness (QED) is 0.537. The van der Waals surface area contributed by atoms with Gasteiger partial charge in [0, 0.05) is 26.6 Å². The van der Waals surface area contributed by atoms with Crippen LogP contribution >= 0.6 is 0 Å². The predicted octanol–water partition coefficient (Wildman–Crippen LogP) is -0.473. The topological polar surface area (TPSA) is 93.5 Å². The van der Waals surface area contributed by atoms with Crippen molar-refractivity contribution in [3.8, 4) is 0 Å². The first-order chi connectivity index (χ1) is 8.58. The van der Waals surface area contributed by atoms with Crippen LogP contribution in [0.25, 0.3) is 0 Å². The molecule has 18 heavy (non-hydrogen) atoms. The molecule has 4 N–H and O–H groups in total. The number of carbonyl (C=O) groups excluding carboxylic acids is 2. The van der Waals surface area contributed by atoms with E-state index in [2.05, 4.69) is 10.6 Å². The molecular weight excluding hydrogens is 234 g/mol. The second-order valence-corrected chi connectivity index (χ2v) is 4.71. The maximum absolute atomic E-state index is 11.8. The molecule has 0 aromatic heterocycles. The molecule has 1 aliphatic carbocycles. The molecule has 0 heterocycles. The van der Waals surface area contributed by atoms with Crippen LogP contribution in [-0.2, 0) is 14.3 Å². The van der Waals surface area contributed by atoms with Gasteiger partial charge in [0.1, 0.15) is 0 Å². The van der Waals surface area contributed by atoms with Gasteiger partial charge in [-0.3, -0.25) is 9.59 Å². The first-order valence-electron chi connectivity index (χ1n) is 6.41. The summed E-state index contributed by atoms with van der Waals surface area (Å²) >= 11 is 0. The standard InChI is InChI=1S/C12H23N3O3/c1-18-9-8-14-10(16)4-7-15-11(17)12(13)5-2-3-6-12/h2-9,13H2,1H3,(H,14,16)(H,15,17). The van der Waals surface area contributed by atoms with Crippen molar-refractivity contribution < 1.29 is 14.3 Å². The van der Waals surface area contributed by atoms with E-state index < -0.39 is 5.54 Å². The van der Waals surface area contributed by atoms with E-state index in [1.54, 1.807) is 7.11 Å². The third kappa shape index (κ3) is 4.62. The average molecular weight is 257 g/mol.